The maximum absolute atomic E-state index is 12.8. The first-order chi connectivity index (χ1) is 11.1. The Labute approximate surface area is 143 Å². The lowest BCUT2D eigenvalue weighted by molar-refractivity contribution is -0.119. The van der Waals surface area contributed by atoms with Crippen LogP contribution in [0.25, 0.3) is 0 Å². The number of anilines is 1. The topological polar surface area (TPSA) is 53.2 Å². The summed E-state index contributed by atoms with van der Waals surface area (Å²) in [4.78, 5) is 11.7. The molecule has 0 saturated heterocycles. The summed E-state index contributed by atoms with van der Waals surface area (Å²) >= 11 is 6.55. The number of thioether (sulfide) groups is 1. The fraction of sp³-hybridized carbons (Fsp3) is 0.125. The van der Waals surface area contributed by atoms with Crippen molar-refractivity contribution in [2.24, 2.45) is 0 Å². The van der Waals surface area contributed by atoms with Crippen LogP contribution >= 0.6 is 24.0 Å². The van der Waals surface area contributed by atoms with Crippen LogP contribution in [-0.2, 0) is 10.5 Å². The molecule has 4 nitrogen and oxygen atoms in total. The maximum atomic E-state index is 12.8. The van der Waals surface area contributed by atoms with E-state index in [1.165, 1.54) is 29.5 Å². The molecule has 2 aromatic carbocycles. The molecule has 3 N–H and O–H groups in total. The van der Waals surface area contributed by atoms with Crippen molar-refractivity contribution in [2.45, 2.75) is 5.75 Å². The van der Waals surface area contributed by atoms with Crippen molar-refractivity contribution in [3.05, 3.63) is 66.0 Å². The number of rotatable bonds is 5. The second kappa shape index (κ2) is 9.12. The highest BCUT2D eigenvalue weighted by Gasteiger charge is 2.03. The first kappa shape index (κ1) is 17.2. The van der Waals surface area contributed by atoms with Crippen LogP contribution in [-0.4, -0.2) is 16.8 Å². The number of hydrogen-bond acceptors (Lipinski definition) is 3. The van der Waals surface area contributed by atoms with Crippen LogP contribution in [0.2, 0.25) is 0 Å². The van der Waals surface area contributed by atoms with Crippen LogP contribution in [0, 0.1) is 5.82 Å². The molecule has 0 bridgehead atoms. The summed E-state index contributed by atoms with van der Waals surface area (Å²) in [5.74, 6) is 0.598. The number of hydrazine groups is 1. The van der Waals surface area contributed by atoms with Crippen molar-refractivity contribution in [1.29, 1.82) is 0 Å². The zero-order chi connectivity index (χ0) is 16.5. The van der Waals surface area contributed by atoms with Crippen molar-refractivity contribution in [3.63, 3.8) is 0 Å². The molecular weight excluding hydrogens is 333 g/mol. The molecule has 2 aromatic rings. The summed E-state index contributed by atoms with van der Waals surface area (Å²) in [6.45, 7) is 0. The summed E-state index contributed by atoms with van der Waals surface area (Å²) in [7, 11) is 0. The lowest BCUT2D eigenvalue weighted by Crippen LogP contribution is -2.44. The van der Waals surface area contributed by atoms with Crippen LogP contribution in [0.1, 0.15) is 5.56 Å². The van der Waals surface area contributed by atoms with Crippen LogP contribution in [0.4, 0.5) is 10.1 Å². The number of carbonyl (C=O) groups excluding carboxylic acids is 1. The monoisotopic (exact) mass is 349 g/mol. The predicted molar refractivity (Wildman–Crippen MR) is 96.5 cm³/mol. The summed E-state index contributed by atoms with van der Waals surface area (Å²) in [5, 5.41) is 3.07. The van der Waals surface area contributed by atoms with Crippen molar-refractivity contribution >= 4 is 40.7 Å². The number of benzene rings is 2. The first-order valence-corrected chi connectivity index (χ1v) is 8.43. The highest BCUT2D eigenvalue weighted by atomic mass is 32.2. The Hall–Kier alpha value is -2.12. The van der Waals surface area contributed by atoms with Gasteiger partial charge in [-0.05, 0) is 42.0 Å². The molecule has 120 valence electrons. The van der Waals surface area contributed by atoms with Gasteiger partial charge in [0.05, 0.1) is 5.75 Å². The van der Waals surface area contributed by atoms with Gasteiger partial charge in [0.15, 0.2) is 5.11 Å². The van der Waals surface area contributed by atoms with E-state index in [9.17, 15) is 9.18 Å². The minimum Gasteiger partial charge on any atom is -0.331 e. The Morgan fingerprint density at radius 2 is 1.74 bits per heavy atom. The Morgan fingerprint density at radius 3 is 2.43 bits per heavy atom. The molecule has 0 aromatic heterocycles. The van der Waals surface area contributed by atoms with Gasteiger partial charge in [0.25, 0.3) is 0 Å². The van der Waals surface area contributed by atoms with Gasteiger partial charge in [-0.25, -0.2) is 4.39 Å². The van der Waals surface area contributed by atoms with Gasteiger partial charge in [0, 0.05) is 11.4 Å². The molecule has 0 aliphatic rings. The zero-order valence-corrected chi connectivity index (χ0v) is 13.8. The second-order valence-corrected chi connectivity index (χ2v) is 6.01. The molecule has 0 heterocycles. The lowest BCUT2D eigenvalue weighted by atomic mass is 10.2. The highest BCUT2D eigenvalue weighted by Crippen LogP contribution is 2.11. The molecule has 0 spiro atoms. The fourth-order valence-electron chi connectivity index (χ4n) is 1.69. The number of amides is 1. The van der Waals surface area contributed by atoms with E-state index in [0.29, 0.717) is 11.4 Å². The molecule has 0 atom stereocenters. The van der Waals surface area contributed by atoms with E-state index in [-0.39, 0.29) is 16.8 Å². The Balaban J connectivity index is 1.63. The molecule has 0 saturated carbocycles. The molecule has 0 aliphatic carbocycles. The van der Waals surface area contributed by atoms with Gasteiger partial charge < -0.3 is 5.32 Å². The van der Waals surface area contributed by atoms with Gasteiger partial charge in [-0.1, -0.05) is 30.3 Å². The highest BCUT2D eigenvalue weighted by molar-refractivity contribution is 7.99. The fourth-order valence-corrected chi connectivity index (χ4v) is 2.65. The first-order valence-electron chi connectivity index (χ1n) is 6.86. The van der Waals surface area contributed by atoms with Crippen LogP contribution in [0.5, 0.6) is 0 Å². The number of nitrogens with one attached hydrogen (secondary N) is 3. The summed E-state index contributed by atoms with van der Waals surface area (Å²) in [5.41, 5.74) is 6.93. The zero-order valence-electron chi connectivity index (χ0n) is 12.2. The SMILES string of the molecule is O=C(CSCc1ccccc1)NNC(=S)Nc1ccc(F)cc1. The van der Waals surface area contributed by atoms with Gasteiger partial charge in [-0.3, -0.25) is 15.6 Å². The Morgan fingerprint density at radius 1 is 1.04 bits per heavy atom. The van der Waals surface area contributed by atoms with Crippen LogP contribution in [0.15, 0.2) is 54.6 Å². The van der Waals surface area contributed by atoms with Crippen molar-refractivity contribution < 1.29 is 9.18 Å². The molecule has 1 amide bonds. The number of thiocarbonyl (C=S) groups is 1. The van der Waals surface area contributed by atoms with E-state index < -0.39 is 0 Å². The average molecular weight is 349 g/mol. The molecule has 7 heteroatoms. The third kappa shape index (κ3) is 6.66. The Bertz CT molecular complexity index is 650. The van der Waals surface area contributed by atoms with Crippen molar-refractivity contribution in [1.82, 2.24) is 10.9 Å². The summed E-state index contributed by atoms with van der Waals surface area (Å²) < 4.78 is 12.8. The number of hydrogen-bond donors (Lipinski definition) is 3. The lowest BCUT2D eigenvalue weighted by Gasteiger charge is -2.11. The van der Waals surface area contributed by atoms with Crippen molar-refractivity contribution in [3.8, 4) is 0 Å². The smallest absolute Gasteiger partial charge is 0.248 e. The predicted octanol–water partition coefficient (Wildman–Crippen LogP) is 3.08. The maximum Gasteiger partial charge on any atom is 0.248 e. The van der Waals surface area contributed by atoms with Gasteiger partial charge in [0.1, 0.15) is 5.82 Å². The van der Waals surface area contributed by atoms with Gasteiger partial charge in [-0.15, -0.1) is 11.8 Å². The molecule has 0 aliphatic heterocycles. The summed E-state index contributed by atoms with van der Waals surface area (Å²) in [6.07, 6.45) is 0. The Kier molecular flexibility index (Phi) is 6.83. The van der Waals surface area contributed by atoms with Gasteiger partial charge >= 0.3 is 0 Å². The second-order valence-electron chi connectivity index (χ2n) is 4.61. The molecule has 2 rings (SSSR count). The standard InChI is InChI=1S/C16H16FN3OS2/c17-13-6-8-14(9-7-13)18-16(22)20-19-15(21)11-23-10-12-4-2-1-3-5-12/h1-9H,10-11H2,(H,19,21)(H2,18,20,22). The minimum atomic E-state index is -0.321. The van der Waals surface area contributed by atoms with Gasteiger partial charge in [0.2, 0.25) is 5.91 Å². The molecular formula is C16H16FN3OS2. The van der Waals surface area contributed by atoms with Crippen LogP contribution < -0.4 is 16.2 Å². The quantitative estimate of drug-likeness (QED) is 0.572. The molecule has 0 radical (unpaired) electrons. The van der Waals surface area contributed by atoms with E-state index in [1.54, 1.807) is 12.1 Å². The van der Waals surface area contributed by atoms with Crippen molar-refractivity contribution in [2.75, 3.05) is 11.1 Å². The van der Waals surface area contributed by atoms with Gasteiger partial charge in [-0.2, -0.15) is 0 Å². The van der Waals surface area contributed by atoms with Crippen LogP contribution in [0.3, 0.4) is 0 Å². The number of carbonyl (C=O) groups is 1. The van der Waals surface area contributed by atoms with E-state index in [0.717, 1.165) is 5.75 Å². The van der Waals surface area contributed by atoms with E-state index in [1.807, 2.05) is 30.3 Å². The third-order valence-electron chi connectivity index (χ3n) is 2.76. The molecule has 0 unspecified atom stereocenters. The van der Waals surface area contributed by atoms with E-state index >= 15 is 0 Å². The average Bonchev–Trinajstić information content (AvgIpc) is 2.56. The number of halogens is 1. The van der Waals surface area contributed by atoms with E-state index in [4.69, 9.17) is 12.2 Å². The minimum absolute atomic E-state index is 0.172. The third-order valence-corrected chi connectivity index (χ3v) is 3.97. The normalized spacial score (nSPS) is 9.96. The molecule has 23 heavy (non-hydrogen) atoms. The molecule has 0 fully saturated rings. The van der Waals surface area contributed by atoms with E-state index in [2.05, 4.69) is 16.2 Å². The summed E-state index contributed by atoms with van der Waals surface area (Å²) in [6, 6.07) is 15.7. The largest absolute Gasteiger partial charge is 0.331 e.